The van der Waals surface area contributed by atoms with E-state index in [2.05, 4.69) is 27.5 Å². The van der Waals surface area contributed by atoms with Crippen molar-refractivity contribution in [2.24, 2.45) is 0 Å². The quantitative estimate of drug-likeness (QED) is 0.706. The minimum atomic E-state index is -3.00. The first-order valence-electron chi connectivity index (χ1n) is 9.16. The zero-order valence-electron chi connectivity index (χ0n) is 15.3. The number of amides is 1. The van der Waals surface area contributed by atoms with E-state index in [1.165, 1.54) is 0 Å². The molecule has 27 heavy (non-hydrogen) atoms. The Bertz CT molecular complexity index is 900. The molecule has 1 aliphatic rings. The molecule has 2 N–H and O–H groups in total. The van der Waals surface area contributed by atoms with E-state index < -0.39 is 9.84 Å². The van der Waals surface area contributed by atoms with E-state index in [1.54, 1.807) is 6.07 Å². The maximum Gasteiger partial charge on any atom is 0.270 e. The summed E-state index contributed by atoms with van der Waals surface area (Å²) < 4.78 is 23.4. The second-order valence-corrected chi connectivity index (χ2v) is 8.91. The average Bonchev–Trinajstić information content (AvgIpc) is 3.00. The van der Waals surface area contributed by atoms with Crippen LogP contribution in [0.15, 0.2) is 36.4 Å². The Balaban J connectivity index is 1.87. The highest BCUT2D eigenvalue weighted by Gasteiger charge is 2.28. The van der Waals surface area contributed by atoms with Crippen LogP contribution in [0.2, 0.25) is 0 Å². The minimum absolute atomic E-state index is 0.0791. The third kappa shape index (κ3) is 5.26. The fourth-order valence-corrected chi connectivity index (χ4v) is 4.61. The number of hydrogen-bond donors (Lipinski definition) is 2. The predicted molar refractivity (Wildman–Crippen MR) is 105 cm³/mol. The number of nitrogens with one attached hydrogen (secondary N) is 2. The van der Waals surface area contributed by atoms with Crippen molar-refractivity contribution in [2.75, 3.05) is 23.4 Å². The van der Waals surface area contributed by atoms with Crippen LogP contribution in [0, 0.1) is 0 Å². The SMILES string of the molecule is CCCCNC(=O)c1cc(NC2CCS(=O)(=O)C2)nc(-c2ccccc2)n1. The number of carbonyl (C=O) groups excluding carboxylic acids is 1. The Morgan fingerprint density at radius 3 is 2.67 bits per heavy atom. The van der Waals surface area contributed by atoms with Crippen LogP contribution < -0.4 is 10.6 Å². The summed E-state index contributed by atoms with van der Waals surface area (Å²) in [5.74, 6) is 0.889. The van der Waals surface area contributed by atoms with Crippen LogP contribution in [0.4, 0.5) is 5.82 Å². The molecule has 0 spiro atoms. The number of anilines is 1. The number of benzene rings is 1. The number of sulfone groups is 1. The monoisotopic (exact) mass is 388 g/mol. The van der Waals surface area contributed by atoms with E-state index in [-0.39, 0.29) is 29.1 Å². The molecule has 144 valence electrons. The predicted octanol–water partition coefficient (Wildman–Crippen LogP) is 2.27. The molecule has 1 amide bonds. The van der Waals surface area contributed by atoms with Gasteiger partial charge in [0.2, 0.25) is 0 Å². The Labute approximate surface area is 159 Å². The number of unbranched alkanes of at least 4 members (excludes halogenated alkanes) is 1. The van der Waals surface area contributed by atoms with Gasteiger partial charge in [0.1, 0.15) is 11.5 Å². The van der Waals surface area contributed by atoms with Crippen molar-refractivity contribution in [3.05, 3.63) is 42.1 Å². The van der Waals surface area contributed by atoms with E-state index in [0.717, 1.165) is 18.4 Å². The highest BCUT2D eigenvalue weighted by molar-refractivity contribution is 7.91. The normalized spacial score (nSPS) is 18.2. The summed E-state index contributed by atoms with van der Waals surface area (Å²) in [7, 11) is -3.00. The molecule has 1 aromatic heterocycles. The molecule has 1 aromatic carbocycles. The summed E-state index contributed by atoms with van der Waals surface area (Å²) in [4.78, 5) is 21.4. The first-order chi connectivity index (χ1) is 13.0. The van der Waals surface area contributed by atoms with Crippen molar-refractivity contribution >= 4 is 21.6 Å². The van der Waals surface area contributed by atoms with Crippen molar-refractivity contribution in [1.82, 2.24) is 15.3 Å². The average molecular weight is 388 g/mol. The zero-order valence-corrected chi connectivity index (χ0v) is 16.1. The summed E-state index contributed by atoms with van der Waals surface area (Å²) in [5, 5.41) is 6.02. The van der Waals surface area contributed by atoms with Crippen molar-refractivity contribution in [2.45, 2.75) is 32.2 Å². The van der Waals surface area contributed by atoms with Crippen LogP contribution in [0.1, 0.15) is 36.7 Å². The number of aromatic nitrogens is 2. The van der Waals surface area contributed by atoms with Gasteiger partial charge in [0.25, 0.3) is 5.91 Å². The van der Waals surface area contributed by atoms with E-state index >= 15 is 0 Å². The van der Waals surface area contributed by atoms with Crippen LogP contribution in [0.25, 0.3) is 11.4 Å². The van der Waals surface area contributed by atoms with Crippen LogP contribution in [0.3, 0.4) is 0 Å². The minimum Gasteiger partial charge on any atom is -0.366 e. The Morgan fingerprint density at radius 2 is 2.00 bits per heavy atom. The Hall–Kier alpha value is -2.48. The lowest BCUT2D eigenvalue weighted by Gasteiger charge is -2.14. The molecule has 2 heterocycles. The molecule has 1 unspecified atom stereocenters. The lowest BCUT2D eigenvalue weighted by molar-refractivity contribution is 0.0948. The molecule has 1 atom stereocenters. The molecule has 2 aromatic rings. The van der Waals surface area contributed by atoms with Crippen molar-refractivity contribution in [3.63, 3.8) is 0 Å². The van der Waals surface area contributed by atoms with Crippen molar-refractivity contribution in [3.8, 4) is 11.4 Å². The Kier molecular flexibility index (Phi) is 6.05. The van der Waals surface area contributed by atoms with E-state index in [1.807, 2.05) is 30.3 Å². The van der Waals surface area contributed by atoms with E-state index in [4.69, 9.17) is 0 Å². The molecule has 7 nitrogen and oxygen atoms in total. The number of carbonyl (C=O) groups is 1. The van der Waals surface area contributed by atoms with Gasteiger partial charge in [-0.05, 0) is 12.8 Å². The standard InChI is InChI=1S/C19H24N4O3S/c1-2-3-10-20-19(24)16-12-17(21-15-9-11-27(25,26)13-15)23-18(22-16)14-7-5-4-6-8-14/h4-8,12,15H,2-3,9-11,13H2,1H3,(H,20,24)(H,21,22,23). The summed E-state index contributed by atoms with van der Waals surface area (Å²) in [5.41, 5.74) is 1.06. The molecule has 0 bridgehead atoms. The molecule has 1 aliphatic heterocycles. The molecule has 0 radical (unpaired) electrons. The van der Waals surface area contributed by atoms with E-state index in [0.29, 0.717) is 24.6 Å². The maximum atomic E-state index is 12.5. The largest absolute Gasteiger partial charge is 0.366 e. The smallest absolute Gasteiger partial charge is 0.270 e. The number of rotatable bonds is 7. The van der Waals surface area contributed by atoms with Gasteiger partial charge in [-0.15, -0.1) is 0 Å². The van der Waals surface area contributed by atoms with Gasteiger partial charge in [-0.3, -0.25) is 4.79 Å². The molecule has 0 aliphatic carbocycles. The summed E-state index contributed by atoms with van der Waals surface area (Å²) in [6.07, 6.45) is 2.42. The van der Waals surface area contributed by atoms with Gasteiger partial charge in [-0.2, -0.15) is 0 Å². The van der Waals surface area contributed by atoms with Crippen LogP contribution in [0.5, 0.6) is 0 Å². The second kappa shape index (κ2) is 8.47. The fraction of sp³-hybridized carbons (Fsp3) is 0.421. The van der Waals surface area contributed by atoms with Gasteiger partial charge in [0.15, 0.2) is 15.7 Å². The second-order valence-electron chi connectivity index (χ2n) is 6.68. The topological polar surface area (TPSA) is 101 Å². The molecule has 1 saturated heterocycles. The Morgan fingerprint density at radius 1 is 1.22 bits per heavy atom. The molecular weight excluding hydrogens is 364 g/mol. The highest BCUT2D eigenvalue weighted by Crippen LogP contribution is 2.21. The summed E-state index contributed by atoms with van der Waals surface area (Å²) >= 11 is 0. The van der Waals surface area contributed by atoms with Crippen LogP contribution in [-0.2, 0) is 9.84 Å². The van der Waals surface area contributed by atoms with Gasteiger partial charge < -0.3 is 10.6 Å². The molecular formula is C19H24N4O3S. The van der Waals surface area contributed by atoms with Crippen LogP contribution in [-0.4, -0.2) is 48.4 Å². The van der Waals surface area contributed by atoms with Crippen molar-refractivity contribution < 1.29 is 13.2 Å². The number of nitrogens with zero attached hydrogens (tertiary/aromatic N) is 2. The lowest BCUT2D eigenvalue weighted by atomic mass is 10.2. The highest BCUT2D eigenvalue weighted by atomic mass is 32.2. The van der Waals surface area contributed by atoms with Gasteiger partial charge in [-0.1, -0.05) is 43.7 Å². The van der Waals surface area contributed by atoms with Crippen molar-refractivity contribution in [1.29, 1.82) is 0 Å². The zero-order chi connectivity index (χ0) is 19.3. The van der Waals surface area contributed by atoms with Gasteiger partial charge >= 0.3 is 0 Å². The third-order valence-corrected chi connectivity index (χ3v) is 6.16. The van der Waals surface area contributed by atoms with E-state index in [9.17, 15) is 13.2 Å². The molecule has 8 heteroatoms. The summed E-state index contributed by atoms with van der Waals surface area (Å²) in [6.45, 7) is 2.64. The lowest BCUT2D eigenvalue weighted by Crippen LogP contribution is -2.26. The first-order valence-corrected chi connectivity index (χ1v) is 11.0. The fourth-order valence-electron chi connectivity index (χ4n) is 2.94. The van der Waals surface area contributed by atoms with Gasteiger partial charge in [-0.25, -0.2) is 18.4 Å². The molecule has 3 rings (SSSR count). The third-order valence-electron chi connectivity index (χ3n) is 4.39. The number of hydrogen-bond acceptors (Lipinski definition) is 6. The first kappa shape index (κ1) is 19.3. The molecule has 0 saturated carbocycles. The van der Waals surface area contributed by atoms with Crippen LogP contribution >= 0.6 is 0 Å². The molecule has 1 fully saturated rings. The maximum absolute atomic E-state index is 12.5. The van der Waals surface area contributed by atoms with Gasteiger partial charge in [0.05, 0.1) is 11.5 Å². The summed E-state index contributed by atoms with van der Waals surface area (Å²) in [6, 6.07) is 10.8. The van der Waals surface area contributed by atoms with Gasteiger partial charge in [0, 0.05) is 24.2 Å².